The van der Waals surface area contributed by atoms with E-state index >= 15 is 0 Å². The van der Waals surface area contributed by atoms with Gasteiger partial charge in [0.15, 0.2) is 5.78 Å². The molecule has 1 atom stereocenters. The maximum absolute atomic E-state index is 12.1. The molecule has 0 aliphatic heterocycles. The van der Waals surface area contributed by atoms with Crippen molar-refractivity contribution >= 4 is 17.7 Å². The Morgan fingerprint density at radius 1 is 1.00 bits per heavy atom. The van der Waals surface area contributed by atoms with Crippen molar-refractivity contribution in [3.05, 3.63) is 35.9 Å². The number of rotatable bonds is 7. The summed E-state index contributed by atoms with van der Waals surface area (Å²) in [5, 5.41) is 0. The van der Waals surface area contributed by atoms with Crippen LogP contribution in [0.4, 0.5) is 0 Å². The second-order valence-electron chi connectivity index (χ2n) is 4.04. The molecule has 0 radical (unpaired) electrons. The van der Waals surface area contributed by atoms with Crippen molar-refractivity contribution in [2.75, 3.05) is 13.2 Å². The van der Waals surface area contributed by atoms with Gasteiger partial charge in [0.25, 0.3) is 0 Å². The Labute approximate surface area is 117 Å². The van der Waals surface area contributed by atoms with Crippen LogP contribution in [0.5, 0.6) is 0 Å². The fourth-order valence-corrected chi connectivity index (χ4v) is 1.78. The molecule has 1 unspecified atom stereocenters. The Bertz CT molecular complexity index is 466. The van der Waals surface area contributed by atoms with Gasteiger partial charge < -0.3 is 9.47 Å². The van der Waals surface area contributed by atoms with Gasteiger partial charge in [0, 0.05) is 0 Å². The van der Waals surface area contributed by atoms with Gasteiger partial charge in [-0.15, -0.1) is 0 Å². The first kappa shape index (κ1) is 15.9. The molecule has 0 N–H and O–H groups in total. The number of esters is 2. The lowest BCUT2D eigenvalue weighted by Gasteiger charge is -2.14. The van der Waals surface area contributed by atoms with E-state index in [2.05, 4.69) is 0 Å². The zero-order valence-corrected chi connectivity index (χ0v) is 11.6. The van der Waals surface area contributed by atoms with E-state index in [9.17, 15) is 14.4 Å². The number of carbonyl (C=O) groups excluding carboxylic acids is 3. The van der Waals surface area contributed by atoms with Crippen molar-refractivity contribution in [2.45, 2.75) is 26.2 Å². The van der Waals surface area contributed by atoms with Crippen LogP contribution in [0.25, 0.3) is 0 Å². The summed E-state index contributed by atoms with van der Waals surface area (Å²) in [6.07, 6.45) is -0.438. The molecule has 5 nitrogen and oxygen atoms in total. The molecule has 0 bridgehead atoms. The van der Waals surface area contributed by atoms with E-state index in [4.69, 9.17) is 9.47 Å². The van der Waals surface area contributed by atoms with Crippen LogP contribution in [0.1, 0.15) is 31.7 Å². The number of hydrogen-bond donors (Lipinski definition) is 0. The monoisotopic (exact) mass is 278 g/mol. The van der Waals surface area contributed by atoms with Crippen molar-refractivity contribution in [1.29, 1.82) is 0 Å². The lowest BCUT2D eigenvalue weighted by atomic mass is 9.93. The molecule has 0 aromatic heterocycles. The minimum absolute atomic E-state index is 0.175. The zero-order valence-electron chi connectivity index (χ0n) is 11.6. The van der Waals surface area contributed by atoms with Gasteiger partial charge in [0.05, 0.1) is 13.2 Å². The molecule has 0 aliphatic carbocycles. The predicted molar refractivity (Wildman–Crippen MR) is 72.1 cm³/mol. The molecule has 0 amide bonds. The zero-order chi connectivity index (χ0) is 15.0. The Balaban J connectivity index is 2.91. The lowest BCUT2D eigenvalue weighted by Crippen LogP contribution is -2.26. The number of ether oxygens (including phenoxy) is 2. The van der Waals surface area contributed by atoms with Crippen molar-refractivity contribution in [2.24, 2.45) is 0 Å². The summed E-state index contributed by atoms with van der Waals surface area (Å²) >= 11 is 0. The van der Waals surface area contributed by atoms with E-state index in [0.717, 1.165) is 0 Å². The highest BCUT2D eigenvalue weighted by Crippen LogP contribution is 2.20. The lowest BCUT2D eigenvalue weighted by molar-refractivity contribution is -0.150. The van der Waals surface area contributed by atoms with Gasteiger partial charge in [-0.25, -0.2) is 0 Å². The Hall–Kier alpha value is -2.17. The van der Waals surface area contributed by atoms with Gasteiger partial charge in [-0.05, 0) is 19.4 Å². The molecule has 0 saturated carbocycles. The van der Waals surface area contributed by atoms with Crippen LogP contribution in [-0.4, -0.2) is 30.9 Å². The standard InChI is InChI=1S/C15H18O5/c1-3-19-13(17)10-12(16)14(15(18)20-4-2)11-8-6-5-7-9-11/h5-9,14H,3-4,10H2,1-2H3. The molecular formula is C15H18O5. The second kappa shape index (κ2) is 8.09. The van der Waals surface area contributed by atoms with Gasteiger partial charge in [0.2, 0.25) is 0 Å². The Kier molecular flexibility index (Phi) is 6.43. The number of hydrogen-bond acceptors (Lipinski definition) is 5. The third-order valence-corrected chi connectivity index (χ3v) is 2.60. The van der Waals surface area contributed by atoms with E-state index < -0.39 is 30.1 Å². The highest BCUT2D eigenvalue weighted by atomic mass is 16.5. The fraction of sp³-hybridized carbons (Fsp3) is 0.400. The summed E-state index contributed by atoms with van der Waals surface area (Å²) in [4.78, 5) is 35.4. The third kappa shape index (κ3) is 4.50. The highest BCUT2D eigenvalue weighted by molar-refractivity contribution is 6.10. The number of carbonyl (C=O) groups is 3. The predicted octanol–water partition coefficient (Wildman–Crippen LogP) is 1.86. The molecule has 0 spiro atoms. The van der Waals surface area contributed by atoms with Gasteiger partial charge in [-0.2, -0.15) is 0 Å². The largest absolute Gasteiger partial charge is 0.466 e. The molecule has 0 heterocycles. The molecule has 108 valence electrons. The summed E-state index contributed by atoms with van der Waals surface area (Å²) in [5.41, 5.74) is 0.514. The van der Waals surface area contributed by atoms with Gasteiger partial charge >= 0.3 is 11.9 Å². The Morgan fingerprint density at radius 2 is 1.60 bits per heavy atom. The van der Waals surface area contributed by atoms with Crippen LogP contribution in [0.2, 0.25) is 0 Å². The molecule has 0 fully saturated rings. The molecule has 1 aromatic carbocycles. The fourth-order valence-electron chi connectivity index (χ4n) is 1.78. The summed E-state index contributed by atoms with van der Waals surface area (Å²) in [5.74, 6) is -2.88. The number of benzene rings is 1. The topological polar surface area (TPSA) is 69.7 Å². The smallest absolute Gasteiger partial charge is 0.321 e. The minimum atomic E-state index is -1.08. The molecule has 0 aliphatic rings. The molecule has 5 heteroatoms. The average Bonchev–Trinajstić information content (AvgIpc) is 2.40. The first-order valence-electron chi connectivity index (χ1n) is 6.50. The molecule has 20 heavy (non-hydrogen) atoms. The Morgan fingerprint density at radius 3 is 2.15 bits per heavy atom. The summed E-state index contributed by atoms with van der Waals surface area (Å²) in [6, 6.07) is 8.54. The van der Waals surface area contributed by atoms with Crippen molar-refractivity contribution < 1.29 is 23.9 Å². The maximum atomic E-state index is 12.1. The molecular weight excluding hydrogens is 260 g/mol. The molecule has 1 rings (SSSR count). The van der Waals surface area contributed by atoms with Crippen LogP contribution < -0.4 is 0 Å². The van der Waals surface area contributed by atoms with Gasteiger partial charge in [-0.3, -0.25) is 14.4 Å². The van der Waals surface area contributed by atoms with E-state index in [1.807, 2.05) is 0 Å². The quantitative estimate of drug-likeness (QED) is 0.562. The van der Waals surface area contributed by atoms with E-state index in [1.165, 1.54) is 0 Å². The maximum Gasteiger partial charge on any atom is 0.321 e. The van der Waals surface area contributed by atoms with Gasteiger partial charge in [-0.1, -0.05) is 30.3 Å². The molecule has 1 aromatic rings. The van der Waals surface area contributed by atoms with Crippen LogP contribution >= 0.6 is 0 Å². The van der Waals surface area contributed by atoms with Crippen molar-refractivity contribution in [3.8, 4) is 0 Å². The van der Waals surface area contributed by atoms with Crippen LogP contribution in [0.15, 0.2) is 30.3 Å². The van der Waals surface area contributed by atoms with Crippen molar-refractivity contribution in [3.63, 3.8) is 0 Å². The SMILES string of the molecule is CCOC(=O)CC(=O)C(C(=O)OCC)c1ccccc1. The van der Waals surface area contributed by atoms with Crippen LogP contribution in [-0.2, 0) is 23.9 Å². The number of ketones is 1. The van der Waals surface area contributed by atoms with Crippen LogP contribution in [0, 0.1) is 0 Å². The van der Waals surface area contributed by atoms with Crippen LogP contribution in [0.3, 0.4) is 0 Å². The third-order valence-electron chi connectivity index (χ3n) is 2.60. The summed E-state index contributed by atoms with van der Waals surface area (Å²) in [6.45, 7) is 3.69. The summed E-state index contributed by atoms with van der Waals surface area (Å²) in [7, 11) is 0. The second-order valence-corrected chi connectivity index (χ2v) is 4.04. The average molecular weight is 278 g/mol. The summed E-state index contributed by atoms with van der Waals surface area (Å²) < 4.78 is 9.64. The minimum Gasteiger partial charge on any atom is -0.466 e. The van der Waals surface area contributed by atoms with E-state index in [0.29, 0.717) is 5.56 Å². The number of Topliss-reactive ketones (excluding diaryl/α,β-unsaturated/α-hetero) is 1. The van der Waals surface area contributed by atoms with E-state index in [-0.39, 0.29) is 13.2 Å². The highest BCUT2D eigenvalue weighted by Gasteiger charge is 2.31. The van der Waals surface area contributed by atoms with Crippen molar-refractivity contribution in [1.82, 2.24) is 0 Å². The van der Waals surface area contributed by atoms with E-state index in [1.54, 1.807) is 44.2 Å². The molecule has 0 saturated heterocycles. The first-order valence-corrected chi connectivity index (χ1v) is 6.50. The van der Waals surface area contributed by atoms with Gasteiger partial charge in [0.1, 0.15) is 12.3 Å². The first-order chi connectivity index (χ1) is 9.60. The normalized spacial score (nSPS) is 11.5.